The smallest absolute Gasteiger partial charge is 0.138 e. The van der Waals surface area contributed by atoms with E-state index < -0.39 is 15.5 Å². The van der Waals surface area contributed by atoms with Crippen LogP contribution < -0.4 is 0 Å². The van der Waals surface area contributed by atoms with Gasteiger partial charge >= 0.3 is 0 Å². The van der Waals surface area contributed by atoms with Gasteiger partial charge in [-0.2, -0.15) is 5.26 Å². The van der Waals surface area contributed by atoms with Crippen molar-refractivity contribution < 1.29 is 4.21 Å². The van der Waals surface area contributed by atoms with Gasteiger partial charge in [0.2, 0.25) is 0 Å². The molecule has 0 aromatic rings. The maximum absolute atomic E-state index is 11.6. The van der Waals surface area contributed by atoms with Crippen LogP contribution in [0.4, 0.5) is 0 Å². The molecule has 3 heteroatoms. The highest BCUT2D eigenvalue weighted by molar-refractivity contribution is 7.86. The molecule has 0 heterocycles. The molecule has 0 spiro atoms. The SMILES string of the molecule is CS(=O)[C@@]1(C#N)C[C@H]2C=C[C@@H]1CC2. The van der Waals surface area contributed by atoms with Crippen molar-refractivity contribution in [3.05, 3.63) is 12.2 Å². The zero-order valence-electron chi connectivity index (χ0n) is 7.69. The molecule has 4 atom stereocenters. The standard InChI is InChI=1S/C10H13NOS/c1-13(12)10(7-11)6-8-2-4-9(10)5-3-8/h2,4,8-9H,3,5-6H2,1H3/t8-,9+,10+,13?/m0/s1. The first-order valence-corrected chi connectivity index (χ1v) is 6.18. The summed E-state index contributed by atoms with van der Waals surface area (Å²) in [7, 11) is -1.02. The van der Waals surface area contributed by atoms with E-state index in [1.165, 1.54) is 6.42 Å². The van der Waals surface area contributed by atoms with E-state index in [2.05, 4.69) is 18.2 Å². The molecule has 0 saturated heterocycles. The van der Waals surface area contributed by atoms with Crippen molar-refractivity contribution in [1.29, 1.82) is 5.26 Å². The lowest BCUT2D eigenvalue weighted by molar-refractivity contribution is 0.291. The Hall–Kier alpha value is -0.620. The zero-order chi connectivity index (χ0) is 9.47. The molecule has 3 aliphatic rings. The first-order chi connectivity index (χ1) is 6.19. The molecular formula is C10H13NOS. The van der Waals surface area contributed by atoms with E-state index in [0.717, 1.165) is 12.8 Å². The molecule has 2 bridgehead atoms. The predicted octanol–water partition coefficient (Wildman–Crippen LogP) is 1.61. The topological polar surface area (TPSA) is 40.9 Å². The quantitative estimate of drug-likeness (QED) is 0.596. The molecule has 0 aromatic heterocycles. The van der Waals surface area contributed by atoms with E-state index in [9.17, 15) is 4.21 Å². The highest BCUT2D eigenvalue weighted by atomic mass is 32.2. The molecule has 13 heavy (non-hydrogen) atoms. The Morgan fingerprint density at radius 3 is 2.54 bits per heavy atom. The van der Waals surface area contributed by atoms with Gasteiger partial charge < -0.3 is 0 Å². The summed E-state index contributed by atoms with van der Waals surface area (Å²) < 4.78 is 11.0. The summed E-state index contributed by atoms with van der Waals surface area (Å²) in [5, 5.41) is 9.16. The van der Waals surface area contributed by atoms with Crippen molar-refractivity contribution in [2.75, 3.05) is 6.26 Å². The van der Waals surface area contributed by atoms with Gasteiger partial charge in [-0.15, -0.1) is 0 Å². The van der Waals surface area contributed by atoms with Gasteiger partial charge in [0.05, 0.1) is 6.07 Å². The Labute approximate surface area is 81.1 Å². The normalized spacial score (nSPS) is 44.3. The van der Waals surface area contributed by atoms with Gasteiger partial charge in [0.25, 0.3) is 0 Å². The van der Waals surface area contributed by atoms with E-state index in [1.54, 1.807) is 6.26 Å². The van der Waals surface area contributed by atoms with Gasteiger partial charge in [0.1, 0.15) is 4.75 Å². The minimum atomic E-state index is -1.02. The van der Waals surface area contributed by atoms with Crippen LogP contribution in [0.1, 0.15) is 19.3 Å². The van der Waals surface area contributed by atoms with Crippen molar-refractivity contribution >= 4 is 10.8 Å². The Morgan fingerprint density at radius 2 is 2.31 bits per heavy atom. The lowest BCUT2D eigenvalue weighted by Gasteiger charge is -2.42. The van der Waals surface area contributed by atoms with Crippen LogP contribution in [0.5, 0.6) is 0 Å². The summed E-state index contributed by atoms with van der Waals surface area (Å²) >= 11 is 0. The van der Waals surface area contributed by atoms with E-state index in [-0.39, 0.29) is 5.92 Å². The van der Waals surface area contributed by atoms with Crippen molar-refractivity contribution in [1.82, 2.24) is 0 Å². The molecule has 0 radical (unpaired) electrons. The van der Waals surface area contributed by atoms with E-state index >= 15 is 0 Å². The fraction of sp³-hybridized carbons (Fsp3) is 0.700. The number of nitriles is 1. The van der Waals surface area contributed by atoms with Crippen molar-refractivity contribution in [3.63, 3.8) is 0 Å². The molecule has 2 nitrogen and oxygen atoms in total. The number of nitrogens with zero attached hydrogens (tertiary/aromatic N) is 1. The second-order valence-corrected chi connectivity index (χ2v) is 5.63. The van der Waals surface area contributed by atoms with Crippen LogP contribution in [0.25, 0.3) is 0 Å². The van der Waals surface area contributed by atoms with Gasteiger partial charge in [-0.25, -0.2) is 0 Å². The number of hydrogen-bond donors (Lipinski definition) is 0. The minimum Gasteiger partial charge on any atom is -0.258 e. The molecule has 0 N–H and O–H groups in total. The Bertz CT molecular complexity index is 317. The third-order valence-electron chi connectivity index (χ3n) is 3.33. The Kier molecular flexibility index (Phi) is 2.03. The second kappa shape index (κ2) is 2.95. The second-order valence-electron chi connectivity index (χ2n) is 3.99. The predicted molar refractivity (Wildman–Crippen MR) is 52.4 cm³/mol. The van der Waals surface area contributed by atoms with E-state index in [1.807, 2.05) is 0 Å². The third-order valence-corrected chi connectivity index (χ3v) is 4.92. The molecule has 0 aromatic carbocycles. The molecule has 1 unspecified atom stereocenters. The van der Waals surface area contributed by atoms with Crippen LogP contribution in [-0.4, -0.2) is 15.2 Å². The summed E-state index contributed by atoms with van der Waals surface area (Å²) in [6.45, 7) is 0. The summed E-state index contributed by atoms with van der Waals surface area (Å²) in [5.74, 6) is 0.724. The first-order valence-electron chi connectivity index (χ1n) is 4.62. The molecule has 0 amide bonds. The number of fused-ring (bicyclic) bond motifs is 2. The fourth-order valence-electron chi connectivity index (χ4n) is 2.50. The highest BCUT2D eigenvalue weighted by Crippen LogP contribution is 2.45. The number of rotatable bonds is 1. The van der Waals surface area contributed by atoms with Crippen LogP contribution in [0.3, 0.4) is 0 Å². The minimum absolute atomic E-state index is 0.230. The van der Waals surface area contributed by atoms with Gasteiger partial charge in [-0.3, -0.25) is 4.21 Å². The Morgan fingerprint density at radius 1 is 1.54 bits per heavy atom. The maximum atomic E-state index is 11.6. The molecule has 1 fully saturated rings. The van der Waals surface area contributed by atoms with Gasteiger partial charge in [0, 0.05) is 23.0 Å². The summed E-state index contributed by atoms with van der Waals surface area (Å²) in [6, 6.07) is 2.30. The van der Waals surface area contributed by atoms with E-state index in [0.29, 0.717) is 5.92 Å². The van der Waals surface area contributed by atoms with Gasteiger partial charge in [-0.05, 0) is 25.2 Å². The van der Waals surface area contributed by atoms with Gasteiger partial charge in [0.15, 0.2) is 0 Å². The fourth-order valence-corrected chi connectivity index (χ4v) is 3.70. The van der Waals surface area contributed by atoms with Crippen LogP contribution in [0, 0.1) is 23.2 Å². The third kappa shape index (κ3) is 1.16. The van der Waals surface area contributed by atoms with Crippen molar-refractivity contribution in [3.8, 4) is 6.07 Å². The first kappa shape index (κ1) is 8.96. The largest absolute Gasteiger partial charge is 0.258 e. The van der Waals surface area contributed by atoms with Crippen LogP contribution in [0.2, 0.25) is 0 Å². The van der Waals surface area contributed by atoms with Gasteiger partial charge in [-0.1, -0.05) is 12.2 Å². The van der Waals surface area contributed by atoms with E-state index in [4.69, 9.17) is 5.26 Å². The molecule has 70 valence electrons. The van der Waals surface area contributed by atoms with Crippen molar-refractivity contribution in [2.24, 2.45) is 11.8 Å². The van der Waals surface area contributed by atoms with Crippen LogP contribution in [-0.2, 0) is 10.8 Å². The average Bonchev–Trinajstić information content (AvgIpc) is 2.19. The molecular weight excluding hydrogens is 182 g/mol. The molecule has 0 aliphatic heterocycles. The molecule has 3 rings (SSSR count). The van der Waals surface area contributed by atoms with Crippen LogP contribution in [0.15, 0.2) is 12.2 Å². The number of allylic oxidation sites excluding steroid dienone is 2. The zero-order valence-corrected chi connectivity index (χ0v) is 8.51. The molecule has 1 saturated carbocycles. The summed E-state index contributed by atoms with van der Waals surface area (Å²) in [5.41, 5.74) is 0. The summed E-state index contributed by atoms with van der Waals surface area (Å²) in [4.78, 5) is 0. The lowest BCUT2D eigenvalue weighted by atomic mass is 9.69. The van der Waals surface area contributed by atoms with Crippen LogP contribution >= 0.6 is 0 Å². The summed E-state index contributed by atoms with van der Waals surface area (Å²) in [6.07, 6.45) is 8.96. The maximum Gasteiger partial charge on any atom is 0.138 e. The molecule has 3 aliphatic carbocycles. The monoisotopic (exact) mass is 195 g/mol. The highest BCUT2D eigenvalue weighted by Gasteiger charge is 2.48. The number of hydrogen-bond acceptors (Lipinski definition) is 2. The Balaban J connectivity index is 2.40. The average molecular weight is 195 g/mol. The van der Waals surface area contributed by atoms with Crippen molar-refractivity contribution in [2.45, 2.75) is 24.0 Å². The lowest BCUT2D eigenvalue weighted by Crippen LogP contribution is -2.46.